The van der Waals surface area contributed by atoms with Crippen LogP contribution >= 0.6 is 0 Å². The maximum Gasteiger partial charge on any atom is 0.267 e. The summed E-state index contributed by atoms with van der Waals surface area (Å²) in [5.41, 5.74) is 1.50. The summed E-state index contributed by atoms with van der Waals surface area (Å²) in [5, 5.41) is 11.0. The highest BCUT2D eigenvalue weighted by atomic mass is 16.2. The molecule has 6 aliphatic rings. The van der Waals surface area contributed by atoms with E-state index < -0.39 is 0 Å². The van der Waals surface area contributed by atoms with Crippen molar-refractivity contribution >= 4 is 11.7 Å². The normalized spacial score (nSPS) is 33.6. The highest BCUT2D eigenvalue weighted by Crippen LogP contribution is 2.58. The van der Waals surface area contributed by atoms with Gasteiger partial charge in [0.1, 0.15) is 12.4 Å². The Morgan fingerprint density at radius 1 is 1.04 bits per heavy atom. The van der Waals surface area contributed by atoms with E-state index in [1.165, 1.54) is 30.0 Å². The first kappa shape index (κ1) is 16.3. The molecular weight excluding hydrogens is 354 g/mol. The number of nitrogens with zero attached hydrogens (tertiary/aromatic N) is 3. The third-order valence-corrected chi connectivity index (χ3v) is 7.09. The molecule has 144 valence electrons. The molecule has 7 heteroatoms. The van der Waals surface area contributed by atoms with Crippen molar-refractivity contribution in [2.24, 2.45) is 11.8 Å². The van der Waals surface area contributed by atoms with Crippen molar-refractivity contribution in [1.29, 1.82) is 0 Å². The summed E-state index contributed by atoms with van der Waals surface area (Å²) < 4.78 is 1.24. The van der Waals surface area contributed by atoms with E-state index in [-0.39, 0.29) is 23.6 Å². The van der Waals surface area contributed by atoms with Crippen molar-refractivity contribution in [3.05, 3.63) is 40.8 Å². The van der Waals surface area contributed by atoms with Gasteiger partial charge in [-0.15, -0.1) is 0 Å². The van der Waals surface area contributed by atoms with Crippen molar-refractivity contribution < 1.29 is 4.79 Å². The van der Waals surface area contributed by atoms with E-state index in [4.69, 9.17) is 0 Å². The molecule has 0 atom stereocenters. The lowest BCUT2D eigenvalue weighted by Crippen LogP contribution is -2.68. The summed E-state index contributed by atoms with van der Waals surface area (Å²) >= 11 is 0. The topological polar surface area (TPSA) is 88.9 Å². The van der Waals surface area contributed by atoms with E-state index in [0.29, 0.717) is 11.2 Å². The quantitative estimate of drug-likeness (QED) is 0.803. The molecule has 6 saturated carbocycles. The summed E-state index contributed by atoms with van der Waals surface area (Å²) in [6.45, 7) is -0.0458. The molecule has 6 fully saturated rings. The number of carbonyl (C=O) groups is 1. The van der Waals surface area contributed by atoms with Gasteiger partial charge < -0.3 is 10.6 Å². The lowest BCUT2D eigenvalue weighted by molar-refractivity contribution is -0.133. The lowest BCUT2D eigenvalue weighted by Gasteiger charge is -2.62. The Labute approximate surface area is 162 Å². The van der Waals surface area contributed by atoms with E-state index >= 15 is 0 Å². The van der Waals surface area contributed by atoms with Gasteiger partial charge in [-0.05, 0) is 68.6 Å². The molecule has 0 unspecified atom stereocenters. The van der Waals surface area contributed by atoms with Gasteiger partial charge in [-0.3, -0.25) is 9.59 Å². The van der Waals surface area contributed by atoms with Crippen LogP contribution in [0, 0.1) is 11.8 Å². The Kier molecular flexibility index (Phi) is 3.15. The minimum absolute atomic E-state index is 0.0100. The fourth-order valence-corrected chi connectivity index (χ4v) is 5.34. The smallest absolute Gasteiger partial charge is 0.267 e. The van der Waals surface area contributed by atoms with Gasteiger partial charge in [0, 0.05) is 28.9 Å². The molecule has 0 saturated heterocycles. The maximum absolute atomic E-state index is 12.3. The summed E-state index contributed by atoms with van der Waals surface area (Å²) in [6, 6.07) is 7.07. The minimum atomic E-state index is -0.272. The standard InChI is InChI=1S/C21H23N5O2/c27-18(24-21-8-14(9-21)10-21)12-26-19(28)4-2-16(25-26)15-1-3-17(22-11-15)23-20-5-13(6-20)7-20/h1-4,11,13-14H,5-10,12H2,(H,22,23)(H,24,27). The first-order chi connectivity index (χ1) is 13.5. The van der Waals surface area contributed by atoms with E-state index in [9.17, 15) is 9.59 Å². The zero-order chi connectivity index (χ0) is 18.9. The molecule has 2 heterocycles. The lowest BCUT2D eigenvalue weighted by atomic mass is 9.50. The fraction of sp³-hybridized carbons (Fsp3) is 0.524. The number of hydrogen-bond donors (Lipinski definition) is 2. The van der Waals surface area contributed by atoms with Crippen molar-refractivity contribution in [3.8, 4) is 11.3 Å². The Morgan fingerprint density at radius 2 is 1.75 bits per heavy atom. The van der Waals surface area contributed by atoms with Crippen molar-refractivity contribution in [2.45, 2.75) is 56.1 Å². The Morgan fingerprint density at radius 3 is 2.32 bits per heavy atom. The van der Waals surface area contributed by atoms with Crippen LogP contribution in [0.25, 0.3) is 11.3 Å². The first-order valence-corrected chi connectivity index (χ1v) is 10.1. The second-order valence-corrected chi connectivity index (χ2v) is 9.34. The molecule has 1 amide bonds. The highest BCUT2D eigenvalue weighted by Gasteiger charge is 2.57. The average Bonchev–Trinajstić information content (AvgIpc) is 2.55. The number of carbonyl (C=O) groups excluding carboxylic acids is 1. The van der Waals surface area contributed by atoms with Crippen LogP contribution in [0.4, 0.5) is 5.82 Å². The van der Waals surface area contributed by atoms with Crippen molar-refractivity contribution in [3.63, 3.8) is 0 Å². The zero-order valence-corrected chi connectivity index (χ0v) is 15.6. The maximum atomic E-state index is 12.3. The van der Waals surface area contributed by atoms with Crippen LogP contribution in [-0.2, 0) is 11.3 Å². The molecule has 0 aliphatic heterocycles. The molecule has 2 N–H and O–H groups in total. The Hall–Kier alpha value is -2.70. The van der Waals surface area contributed by atoms with E-state index in [0.717, 1.165) is 42.5 Å². The van der Waals surface area contributed by atoms with Crippen molar-refractivity contribution in [2.75, 3.05) is 5.32 Å². The molecule has 7 nitrogen and oxygen atoms in total. The summed E-state index contributed by atoms with van der Waals surface area (Å²) in [6.07, 6.45) is 8.78. The minimum Gasteiger partial charge on any atom is -0.365 e. The monoisotopic (exact) mass is 377 g/mol. The van der Waals surface area contributed by atoms with Crippen LogP contribution < -0.4 is 16.2 Å². The Balaban J connectivity index is 1.16. The second kappa shape index (κ2) is 5.43. The van der Waals surface area contributed by atoms with Gasteiger partial charge in [-0.1, -0.05) is 0 Å². The molecule has 6 aliphatic carbocycles. The van der Waals surface area contributed by atoms with Crippen LogP contribution in [0.1, 0.15) is 38.5 Å². The largest absolute Gasteiger partial charge is 0.365 e. The van der Waals surface area contributed by atoms with Crippen molar-refractivity contribution in [1.82, 2.24) is 20.1 Å². The fourth-order valence-electron chi connectivity index (χ4n) is 5.34. The predicted molar refractivity (Wildman–Crippen MR) is 104 cm³/mol. The SMILES string of the molecule is O=C(Cn1nc(-c2ccc(NC34CC(C3)C4)nc2)ccc1=O)NC12CC(C1)C2. The molecule has 8 rings (SSSR count). The number of rotatable bonds is 6. The molecule has 4 bridgehead atoms. The van der Waals surface area contributed by atoms with Gasteiger partial charge in [-0.2, -0.15) is 5.10 Å². The van der Waals surface area contributed by atoms with Gasteiger partial charge in [0.25, 0.3) is 5.56 Å². The molecule has 2 aromatic rings. The van der Waals surface area contributed by atoms with Crippen LogP contribution in [0.5, 0.6) is 0 Å². The number of amides is 1. The predicted octanol–water partition coefficient (Wildman–Crippen LogP) is 1.94. The number of anilines is 1. The number of hydrogen-bond acceptors (Lipinski definition) is 5. The number of aromatic nitrogens is 3. The van der Waals surface area contributed by atoms with Gasteiger partial charge >= 0.3 is 0 Å². The summed E-state index contributed by atoms with van der Waals surface area (Å²) in [4.78, 5) is 29.0. The molecule has 28 heavy (non-hydrogen) atoms. The van der Waals surface area contributed by atoms with Gasteiger partial charge in [0.05, 0.1) is 5.69 Å². The molecule has 0 radical (unpaired) electrons. The third-order valence-electron chi connectivity index (χ3n) is 7.09. The van der Waals surface area contributed by atoms with E-state index in [1.807, 2.05) is 12.1 Å². The van der Waals surface area contributed by atoms with Crippen LogP contribution in [0.3, 0.4) is 0 Å². The van der Waals surface area contributed by atoms with Crippen LogP contribution in [0.15, 0.2) is 35.3 Å². The second-order valence-electron chi connectivity index (χ2n) is 9.34. The Bertz CT molecular complexity index is 994. The number of nitrogens with one attached hydrogen (secondary N) is 2. The number of pyridine rings is 1. The van der Waals surface area contributed by atoms with Crippen LogP contribution in [-0.4, -0.2) is 31.7 Å². The van der Waals surface area contributed by atoms with Gasteiger partial charge in [0.2, 0.25) is 5.91 Å². The van der Waals surface area contributed by atoms with Gasteiger partial charge in [0.15, 0.2) is 0 Å². The van der Waals surface area contributed by atoms with Crippen LogP contribution in [0.2, 0.25) is 0 Å². The third kappa shape index (κ3) is 2.48. The van der Waals surface area contributed by atoms with Gasteiger partial charge in [-0.25, -0.2) is 9.67 Å². The van der Waals surface area contributed by atoms with E-state index in [2.05, 4.69) is 20.7 Å². The summed E-state index contributed by atoms with van der Waals surface area (Å²) in [5.74, 6) is 2.46. The molecule has 0 aromatic carbocycles. The summed E-state index contributed by atoms with van der Waals surface area (Å²) in [7, 11) is 0. The zero-order valence-electron chi connectivity index (χ0n) is 15.6. The highest BCUT2D eigenvalue weighted by molar-refractivity contribution is 5.77. The average molecular weight is 377 g/mol. The first-order valence-electron chi connectivity index (χ1n) is 10.1. The van der Waals surface area contributed by atoms with E-state index in [1.54, 1.807) is 12.3 Å². The molecular formula is C21H23N5O2. The molecule has 0 spiro atoms. The molecule has 2 aromatic heterocycles.